The molecule has 0 atom stereocenters. The molecule has 0 fully saturated rings. The van der Waals surface area contributed by atoms with Crippen LogP contribution in [0.1, 0.15) is 16.3 Å². The summed E-state index contributed by atoms with van der Waals surface area (Å²) in [5.41, 5.74) is 1.98. The minimum Gasteiger partial charge on any atom is -0.350 e. The zero-order valence-electron chi connectivity index (χ0n) is 11.8. The molecular formula is C17H16N2OS. The molecule has 0 bridgehead atoms. The van der Waals surface area contributed by atoms with Gasteiger partial charge < -0.3 is 5.32 Å². The largest absolute Gasteiger partial charge is 0.350 e. The number of rotatable bonds is 4. The van der Waals surface area contributed by atoms with Gasteiger partial charge in [-0.15, -0.1) is 11.3 Å². The minimum atomic E-state index is 0.0250. The molecule has 3 nitrogen and oxygen atoms in total. The standard InChI is InChI=1S/C17H16N2OS/c1-12-19-15(11-21-12)10-18-17(20)9-14-7-4-6-13-5-2-3-8-16(13)14/h2-8,11H,9-10H2,1H3,(H,18,20). The summed E-state index contributed by atoms with van der Waals surface area (Å²) in [6.45, 7) is 2.46. The first-order valence-corrected chi connectivity index (χ1v) is 7.75. The Bertz CT molecular complexity index is 774. The van der Waals surface area contributed by atoms with Crippen LogP contribution in [0.15, 0.2) is 47.8 Å². The van der Waals surface area contributed by atoms with E-state index in [0.717, 1.165) is 27.0 Å². The van der Waals surface area contributed by atoms with Gasteiger partial charge in [-0.05, 0) is 23.3 Å². The molecule has 1 amide bonds. The molecule has 1 aromatic heterocycles. The van der Waals surface area contributed by atoms with Crippen molar-refractivity contribution in [3.8, 4) is 0 Å². The predicted octanol–water partition coefficient (Wildman–Crippen LogP) is 3.46. The van der Waals surface area contributed by atoms with Gasteiger partial charge in [-0.1, -0.05) is 42.5 Å². The number of aryl methyl sites for hydroxylation is 1. The zero-order chi connectivity index (χ0) is 14.7. The first kappa shape index (κ1) is 13.8. The predicted molar refractivity (Wildman–Crippen MR) is 86.3 cm³/mol. The van der Waals surface area contributed by atoms with Crippen LogP contribution in [0, 0.1) is 6.92 Å². The summed E-state index contributed by atoms with van der Waals surface area (Å²) in [6, 6.07) is 14.2. The molecule has 0 spiro atoms. The quantitative estimate of drug-likeness (QED) is 0.801. The van der Waals surface area contributed by atoms with E-state index in [1.54, 1.807) is 11.3 Å². The van der Waals surface area contributed by atoms with Crippen LogP contribution in [-0.2, 0) is 17.8 Å². The number of amides is 1. The Morgan fingerprint density at radius 3 is 2.81 bits per heavy atom. The lowest BCUT2D eigenvalue weighted by Gasteiger charge is -2.07. The number of carbonyl (C=O) groups is 1. The molecule has 0 aliphatic rings. The van der Waals surface area contributed by atoms with Crippen LogP contribution in [0.4, 0.5) is 0 Å². The Balaban J connectivity index is 1.69. The van der Waals surface area contributed by atoms with Gasteiger partial charge in [0.1, 0.15) is 0 Å². The third-order valence-corrected chi connectivity index (χ3v) is 4.19. The Hall–Kier alpha value is -2.20. The monoisotopic (exact) mass is 296 g/mol. The second-order valence-electron chi connectivity index (χ2n) is 4.95. The van der Waals surface area contributed by atoms with Crippen LogP contribution in [0.3, 0.4) is 0 Å². The number of nitrogens with one attached hydrogen (secondary N) is 1. The molecule has 4 heteroatoms. The highest BCUT2D eigenvalue weighted by molar-refractivity contribution is 7.09. The van der Waals surface area contributed by atoms with E-state index in [-0.39, 0.29) is 5.91 Å². The van der Waals surface area contributed by atoms with Gasteiger partial charge in [0.2, 0.25) is 5.91 Å². The van der Waals surface area contributed by atoms with Crippen LogP contribution >= 0.6 is 11.3 Å². The fraction of sp³-hybridized carbons (Fsp3) is 0.176. The van der Waals surface area contributed by atoms with Crippen molar-refractivity contribution in [3.05, 3.63) is 64.1 Å². The second-order valence-corrected chi connectivity index (χ2v) is 6.01. The van der Waals surface area contributed by atoms with Crippen molar-refractivity contribution in [2.45, 2.75) is 19.9 Å². The molecule has 0 radical (unpaired) electrons. The fourth-order valence-corrected chi connectivity index (χ4v) is 2.97. The lowest BCUT2D eigenvalue weighted by atomic mass is 10.0. The summed E-state index contributed by atoms with van der Waals surface area (Å²) in [5.74, 6) is 0.0250. The van der Waals surface area contributed by atoms with Crippen LogP contribution in [0.5, 0.6) is 0 Å². The molecule has 0 saturated heterocycles. The average molecular weight is 296 g/mol. The number of carbonyl (C=O) groups excluding carboxylic acids is 1. The molecule has 2 aromatic carbocycles. The van der Waals surface area contributed by atoms with E-state index in [9.17, 15) is 4.79 Å². The summed E-state index contributed by atoms with van der Waals surface area (Å²) < 4.78 is 0. The van der Waals surface area contributed by atoms with Gasteiger partial charge >= 0.3 is 0 Å². The molecule has 0 unspecified atom stereocenters. The van der Waals surface area contributed by atoms with Crippen molar-refractivity contribution < 1.29 is 4.79 Å². The molecular weight excluding hydrogens is 280 g/mol. The van der Waals surface area contributed by atoms with E-state index in [1.807, 2.05) is 36.6 Å². The number of aromatic nitrogens is 1. The van der Waals surface area contributed by atoms with Crippen LogP contribution in [-0.4, -0.2) is 10.9 Å². The van der Waals surface area contributed by atoms with Crippen molar-refractivity contribution in [1.29, 1.82) is 0 Å². The first-order valence-electron chi connectivity index (χ1n) is 6.87. The average Bonchev–Trinajstić information content (AvgIpc) is 2.91. The Morgan fingerprint density at radius 2 is 2.00 bits per heavy atom. The second kappa shape index (κ2) is 6.06. The summed E-state index contributed by atoms with van der Waals surface area (Å²) in [4.78, 5) is 16.4. The molecule has 0 saturated carbocycles. The van der Waals surface area contributed by atoms with E-state index in [1.165, 1.54) is 0 Å². The third-order valence-electron chi connectivity index (χ3n) is 3.36. The Labute approximate surface area is 127 Å². The smallest absolute Gasteiger partial charge is 0.224 e. The van der Waals surface area contributed by atoms with Gasteiger partial charge in [0.05, 0.1) is 23.7 Å². The van der Waals surface area contributed by atoms with Crippen molar-refractivity contribution in [2.75, 3.05) is 0 Å². The molecule has 0 aliphatic heterocycles. The fourth-order valence-electron chi connectivity index (χ4n) is 2.36. The van der Waals surface area contributed by atoms with Crippen LogP contribution < -0.4 is 5.32 Å². The van der Waals surface area contributed by atoms with E-state index in [4.69, 9.17) is 0 Å². The number of fused-ring (bicyclic) bond motifs is 1. The maximum atomic E-state index is 12.1. The summed E-state index contributed by atoms with van der Waals surface area (Å²) in [5, 5.41) is 8.24. The van der Waals surface area contributed by atoms with Gasteiger partial charge in [-0.25, -0.2) is 4.98 Å². The summed E-state index contributed by atoms with van der Waals surface area (Å²) in [6.07, 6.45) is 0.393. The van der Waals surface area contributed by atoms with Gasteiger partial charge in [-0.3, -0.25) is 4.79 Å². The third kappa shape index (κ3) is 3.28. The normalized spacial score (nSPS) is 10.7. The Kier molecular flexibility index (Phi) is 3.97. The minimum absolute atomic E-state index is 0.0250. The van der Waals surface area contributed by atoms with Crippen molar-refractivity contribution in [3.63, 3.8) is 0 Å². The molecule has 0 aliphatic carbocycles. The van der Waals surface area contributed by atoms with Crippen LogP contribution in [0.25, 0.3) is 10.8 Å². The van der Waals surface area contributed by atoms with Crippen molar-refractivity contribution in [2.24, 2.45) is 0 Å². The van der Waals surface area contributed by atoms with Gasteiger partial charge in [0.15, 0.2) is 0 Å². The number of hydrogen-bond acceptors (Lipinski definition) is 3. The van der Waals surface area contributed by atoms with Crippen molar-refractivity contribution >= 4 is 28.0 Å². The molecule has 3 rings (SSSR count). The van der Waals surface area contributed by atoms with Crippen molar-refractivity contribution in [1.82, 2.24) is 10.3 Å². The number of benzene rings is 2. The highest BCUT2D eigenvalue weighted by Gasteiger charge is 2.07. The molecule has 1 heterocycles. The maximum absolute atomic E-state index is 12.1. The molecule has 1 N–H and O–H groups in total. The number of hydrogen-bond donors (Lipinski definition) is 1. The van der Waals surface area contributed by atoms with E-state index in [2.05, 4.69) is 28.5 Å². The van der Waals surface area contributed by atoms with Gasteiger partial charge in [-0.2, -0.15) is 0 Å². The lowest BCUT2D eigenvalue weighted by Crippen LogP contribution is -2.24. The van der Waals surface area contributed by atoms with Gasteiger partial charge in [0, 0.05) is 5.38 Å². The molecule has 21 heavy (non-hydrogen) atoms. The number of thiazole rings is 1. The lowest BCUT2D eigenvalue weighted by molar-refractivity contribution is -0.120. The summed E-state index contributed by atoms with van der Waals surface area (Å²) in [7, 11) is 0. The summed E-state index contributed by atoms with van der Waals surface area (Å²) >= 11 is 1.60. The zero-order valence-corrected chi connectivity index (χ0v) is 12.6. The highest BCUT2D eigenvalue weighted by atomic mass is 32.1. The van der Waals surface area contributed by atoms with E-state index >= 15 is 0 Å². The highest BCUT2D eigenvalue weighted by Crippen LogP contribution is 2.18. The SMILES string of the molecule is Cc1nc(CNC(=O)Cc2cccc3ccccc23)cs1. The Morgan fingerprint density at radius 1 is 1.19 bits per heavy atom. The van der Waals surface area contributed by atoms with E-state index < -0.39 is 0 Å². The number of nitrogens with zero attached hydrogens (tertiary/aromatic N) is 1. The van der Waals surface area contributed by atoms with Crippen LogP contribution in [0.2, 0.25) is 0 Å². The van der Waals surface area contributed by atoms with Gasteiger partial charge in [0.25, 0.3) is 0 Å². The molecule has 3 aromatic rings. The topological polar surface area (TPSA) is 42.0 Å². The maximum Gasteiger partial charge on any atom is 0.224 e. The molecule has 106 valence electrons. The van der Waals surface area contributed by atoms with E-state index in [0.29, 0.717) is 13.0 Å². The first-order chi connectivity index (χ1) is 10.2.